The smallest absolute Gasteiger partial charge is 0.216 e. The minimum atomic E-state index is -3.11. The summed E-state index contributed by atoms with van der Waals surface area (Å²) >= 11 is 0. The standard InChI is InChI=1S/C16H25N3O3S.C7H6F2/c1-3-12-4-5-13-9-23(21,22)10-16(15(13)6-12)19-8-14(17)7-18-11(2)20;1-5-2-6(8)4-7(9)3-5/h4-6,14,16,19H,3,7-10,17H2,1-2H3,(H,18,20);2-4H,1H3. The first-order chi connectivity index (χ1) is 15.0. The summed E-state index contributed by atoms with van der Waals surface area (Å²) in [5.74, 6) is -0.985. The molecular weight excluding hydrogens is 436 g/mol. The van der Waals surface area contributed by atoms with Crippen molar-refractivity contribution in [3.8, 4) is 0 Å². The first-order valence-electron chi connectivity index (χ1n) is 10.5. The van der Waals surface area contributed by atoms with Crippen LogP contribution < -0.4 is 16.4 Å². The fourth-order valence-corrected chi connectivity index (χ4v) is 5.12. The van der Waals surface area contributed by atoms with Gasteiger partial charge in [0.15, 0.2) is 9.84 Å². The van der Waals surface area contributed by atoms with E-state index in [1.165, 1.54) is 24.6 Å². The van der Waals surface area contributed by atoms with E-state index < -0.39 is 21.5 Å². The largest absolute Gasteiger partial charge is 0.355 e. The summed E-state index contributed by atoms with van der Waals surface area (Å²) in [7, 11) is -3.11. The molecule has 3 rings (SSSR count). The number of fused-ring (bicyclic) bond motifs is 1. The van der Waals surface area contributed by atoms with E-state index in [0.29, 0.717) is 18.7 Å². The maximum atomic E-state index is 12.2. The Balaban J connectivity index is 0.000000336. The number of nitrogens with two attached hydrogens (primary N) is 1. The van der Waals surface area contributed by atoms with Crippen LogP contribution in [0.15, 0.2) is 36.4 Å². The molecular formula is C23H31F2N3O3S. The summed E-state index contributed by atoms with van der Waals surface area (Å²) in [5, 5.41) is 5.92. The maximum absolute atomic E-state index is 12.2. The average Bonchev–Trinajstić information content (AvgIpc) is 2.68. The number of rotatable bonds is 6. The average molecular weight is 468 g/mol. The second kappa shape index (κ2) is 11.5. The van der Waals surface area contributed by atoms with Crippen LogP contribution in [0.4, 0.5) is 8.78 Å². The summed E-state index contributed by atoms with van der Waals surface area (Å²) in [6.45, 7) is 5.97. The Morgan fingerprint density at radius 1 is 1.16 bits per heavy atom. The molecule has 2 unspecified atom stereocenters. The number of aryl methyl sites for hydroxylation is 2. The number of carbonyl (C=O) groups is 1. The highest BCUT2D eigenvalue weighted by atomic mass is 32.2. The molecule has 0 saturated heterocycles. The zero-order chi connectivity index (χ0) is 23.9. The van der Waals surface area contributed by atoms with E-state index in [0.717, 1.165) is 23.6 Å². The molecule has 9 heteroatoms. The number of sulfone groups is 1. The molecule has 6 nitrogen and oxygen atoms in total. The summed E-state index contributed by atoms with van der Waals surface area (Å²) in [6, 6.07) is 8.89. The summed E-state index contributed by atoms with van der Waals surface area (Å²) in [5.41, 5.74) is 9.66. The molecule has 176 valence electrons. The van der Waals surface area contributed by atoms with Crippen LogP contribution >= 0.6 is 0 Å². The van der Waals surface area contributed by atoms with Gasteiger partial charge in [-0.3, -0.25) is 4.79 Å². The van der Waals surface area contributed by atoms with Crippen molar-refractivity contribution in [2.75, 3.05) is 18.8 Å². The quantitative estimate of drug-likeness (QED) is 0.606. The van der Waals surface area contributed by atoms with Gasteiger partial charge in [-0.15, -0.1) is 0 Å². The van der Waals surface area contributed by atoms with Crippen molar-refractivity contribution in [3.63, 3.8) is 0 Å². The highest BCUT2D eigenvalue weighted by Crippen LogP contribution is 2.29. The van der Waals surface area contributed by atoms with E-state index in [1.54, 1.807) is 6.92 Å². The molecule has 0 fully saturated rings. The van der Waals surface area contributed by atoms with Gasteiger partial charge in [0, 0.05) is 38.2 Å². The van der Waals surface area contributed by atoms with Gasteiger partial charge in [-0.25, -0.2) is 17.2 Å². The van der Waals surface area contributed by atoms with Crippen LogP contribution in [0.1, 0.15) is 42.1 Å². The van der Waals surface area contributed by atoms with Gasteiger partial charge in [0.1, 0.15) is 11.6 Å². The van der Waals surface area contributed by atoms with Crippen molar-refractivity contribution in [2.24, 2.45) is 5.73 Å². The minimum absolute atomic E-state index is 0.0834. The van der Waals surface area contributed by atoms with E-state index in [4.69, 9.17) is 5.73 Å². The lowest BCUT2D eigenvalue weighted by Crippen LogP contribution is -2.45. The zero-order valence-corrected chi connectivity index (χ0v) is 19.4. The molecule has 32 heavy (non-hydrogen) atoms. The van der Waals surface area contributed by atoms with Gasteiger partial charge < -0.3 is 16.4 Å². The topological polar surface area (TPSA) is 101 Å². The molecule has 4 N–H and O–H groups in total. The minimum Gasteiger partial charge on any atom is -0.355 e. The van der Waals surface area contributed by atoms with Gasteiger partial charge in [0.05, 0.1) is 11.5 Å². The lowest BCUT2D eigenvalue weighted by molar-refractivity contribution is -0.119. The van der Waals surface area contributed by atoms with Crippen LogP contribution in [-0.2, 0) is 26.8 Å². The summed E-state index contributed by atoms with van der Waals surface area (Å²) in [6.07, 6.45) is 0.912. The maximum Gasteiger partial charge on any atom is 0.216 e. The van der Waals surface area contributed by atoms with E-state index in [9.17, 15) is 22.0 Å². The zero-order valence-electron chi connectivity index (χ0n) is 18.6. The van der Waals surface area contributed by atoms with Gasteiger partial charge >= 0.3 is 0 Å². The first-order valence-corrected chi connectivity index (χ1v) is 12.3. The summed E-state index contributed by atoms with van der Waals surface area (Å²) < 4.78 is 48.6. The van der Waals surface area contributed by atoms with Gasteiger partial charge in [0.25, 0.3) is 0 Å². The predicted octanol–water partition coefficient (Wildman–Crippen LogP) is 2.54. The Bertz CT molecular complexity index is 994. The van der Waals surface area contributed by atoms with Crippen molar-refractivity contribution < 1.29 is 22.0 Å². The van der Waals surface area contributed by atoms with Crippen LogP contribution in [0.25, 0.3) is 0 Å². The highest BCUT2D eigenvalue weighted by molar-refractivity contribution is 7.90. The number of hydrogen-bond acceptors (Lipinski definition) is 5. The fraction of sp³-hybridized carbons (Fsp3) is 0.435. The molecule has 0 aliphatic carbocycles. The molecule has 1 aliphatic heterocycles. The van der Waals surface area contributed by atoms with Crippen molar-refractivity contribution in [2.45, 2.75) is 45.0 Å². The summed E-state index contributed by atoms with van der Waals surface area (Å²) in [4.78, 5) is 10.9. The van der Waals surface area contributed by atoms with Crippen molar-refractivity contribution in [3.05, 3.63) is 70.3 Å². The van der Waals surface area contributed by atoms with Crippen LogP contribution in [0, 0.1) is 18.6 Å². The monoisotopic (exact) mass is 467 g/mol. The Morgan fingerprint density at radius 3 is 2.38 bits per heavy atom. The van der Waals surface area contributed by atoms with E-state index in [2.05, 4.69) is 23.6 Å². The van der Waals surface area contributed by atoms with Gasteiger partial charge in [-0.05, 0) is 47.7 Å². The molecule has 2 aromatic carbocycles. The van der Waals surface area contributed by atoms with Crippen molar-refractivity contribution in [1.29, 1.82) is 0 Å². The Kier molecular flexibility index (Phi) is 9.30. The second-order valence-corrected chi connectivity index (χ2v) is 10.2. The number of benzene rings is 2. The Morgan fingerprint density at radius 2 is 1.81 bits per heavy atom. The lowest BCUT2D eigenvalue weighted by Gasteiger charge is -2.28. The van der Waals surface area contributed by atoms with Crippen molar-refractivity contribution in [1.82, 2.24) is 10.6 Å². The predicted molar refractivity (Wildman–Crippen MR) is 122 cm³/mol. The molecule has 1 amide bonds. The van der Waals surface area contributed by atoms with Crippen molar-refractivity contribution >= 4 is 15.7 Å². The number of halogens is 2. The number of hydrogen-bond donors (Lipinski definition) is 3. The molecule has 0 aromatic heterocycles. The molecule has 1 aliphatic rings. The Labute approximate surface area is 188 Å². The van der Waals surface area contributed by atoms with E-state index >= 15 is 0 Å². The third-order valence-electron chi connectivity index (χ3n) is 5.04. The molecule has 0 saturated carbocycles. The first kappa shape index (κ1) is 25.9. The number of nitrogens with one attached hydrogen (secondary N) is 2. The van der Waals surface area contributed by atoms with Gasteiger partial charge in [-0.2, -0.15) is 0 Å². The number of amides is 1. The van der Waals surface area contributed by atoms with E-state index in [1.807, 2.05) is 12.1 Å². The third kappa shape index (κ3) is 8.29. The lowest BCUT2D eigenvalue weighted by atomic mass is 9.98. The fourth-order valence-electron chi connectivity index (χ4n) is 3.46. The Hall–Kier alpha value is -2.36. The van der Waals surface area contributed by atoms with Crippen LogP contribution in [-0.4, -0.2) is 39.2 Å². The molecule has 1 heterocycles. The SMILES string of the molecule is CCc1ccc2c(c1)C(NCC(N)CNC(C)=O)CS(=O)(=O)C2.Cc1cc(F)cc(F)c1. The normalized spacial score (nSPS) is 17.5. The molecule has 2 atom stereocenters. The van der Waals surface area contributed by atoms with Gasteiger partial charge in [-0.1, -0.05) is 25.1 Å². The molecule has 0 bridgehead atoms. The van der Waals surface area contributed by atoms with E-state index in [-0.39, 0.29) is 29.5 Å². The number of carbonyl (C=O) groups excluding carboxylic acids is 1. The van der Waals surface area contributed by atoms with Crippen LogP contribution in [0.2, 0.25) is 0 Å². The molecule has 0 radical (unpaired) electrons. The van der Waals surface area contributed by atoms with Crippen LogP contribution in [0.3, 0.4) is 0 Å². The third-order valence-corrected chi connectivity index (χ3v) is 6.63. The second-order valence-electron chi connectivity index (χ2n) is 8.05. The molecule has 0 spiro atoms. The van der Waals surface area contributed by atoms with Crippen LogP contribution in [0.5, 0.6) is 0 Å². The highest BCUT2D eigenvalue weighted by Gasteiger charge is 2.29. The molecule has 2 aromatic rings. The van der Waals surface area contributed by atoms with Gasteiger partial charge in [0.2, 0.25) is 5.91 Å².